The zero-order valence-corrected chi connectivity index (χ0v) is 9.22. The molecule has 2 atom stereocenters. The van der Waals surface area contributed by atoms with Gasteiger partial charge in [0.2, 0.25) is 0 Å². The standard InChI is InChI=1S/C9H16O3S/c1-5(2)6(3)8(9(11)12)13-7(4)10/h5-6,8H,1-4H3,(H,11,12)/t6?,8-/m0/s1. The van der Waals surface area contributed by atoms with Crippen molar-refractivity contribution < 1.29 is 14.7 Å². The molecule has 76 valence electrons. The molecule has 4 heteroatoms. The molecule has 3 nitrogen and oxygen atoms in total. The number of carbonyl (C=O) groups excluding carboxylic acids is 1. The van der Waals surface area contributed by atoms with Crippen LogP contribution in [0.4, 0.5) is 0 Å². The number of carboxylic acid groups (broad SMARTS) is 1. The van der Waals surface area contributed by atoms with Crippen LogP contribution in [0.2, 0.25) is 0 Å². The van der Waals surface area contributed by atoms with E-state index in [0.29, 0.717) is 0 Å². The molecule has 0 spiro atoms. The number of thioether (sulfide) groups is 1. The van der Waals surface area contributed by atoms with Crippen molar-refractivity contribution in [2.45, 2.75) is 32.9 Å². The summed E-state index contributed by atoms with van der Waals surface area (Å²) < 4.78 is 0. The summed E-state index contributed by atoms with van der Waals surface area (Å²) in [6.07, 6.45) is 0. The van der Waals surface area contributed by atoms with E-state index in [-0.39, 0.29) is 17.0 Å². The molecule has 0 aromatic heterocycles. The molecule has 0 radical (unpaired) electrons. The van der Waals surface area contributed by atoms with E-state index in [4.69, 9.17) is 5.11 Å². The van der Waals surface area contributed by atoms with Crippen LogP contribution in [0.5, 0.6) is 0 Å². The Morgan fingerprint density at radius 2 is 1.69 bits per heavy atom. The molecule has 0 bridgehead atoms. The van der Waals surface area contributed by atoms with Crippen LogP contribution < -0.4 is 0 Å². The molecule has 0 rings (SSSR count). The first-order valence-corrected chi connectivity index (χ1v) is 5.14. The summed E-state index contributed by atoms with van der Waals surface area (Å²) in [6, 6.07) is 0. The Morgan fingerprint density at radius 1 is 1.23 bits per heavy atom. The Kier molecular flexibility index (Phi) is 5.06. The average Bonchev–Trinajstić information content (AvgIpc) is 1.97. The highest BCUT2D eigenvalue weighted by Gasteiger charge is 2.28. The van der Waals surface area contributed by atoms with Crippen LogP contribution in [-0.2, 0) is 9.59 Å². The molecule has 0 saturated carbocycles. The first-order chi connectivity index (χ1) is 5.86. The lowest BCUT2D eigenvalue weighted by atomic mass is 9.94. The van der Waals surface area contributed by atoms with E-state index in [0.717, 1.165) is 11.8 Å². The quantitative estimate of drug-likeness (QED) is 0.761. The molecule has 0 amide bonds. The van der Waals surface area contributed by atoms with Crippen molar-refractivity contribution in [1.82, 2.24) is 0 Å². The molecule has 13 heavy (non-hydrogen) atoms. The van der Waals surface area contributed by atoms with Gasteiger partial charge in [-0.1, -0.05) is 32.5 Å². The normalized spacial score (nSPS) is 15.5. The highest BCUT2D eigenvalue weighted by molar-refractivity contribution is 8.14. The lowest BCUT2D eigenvalue weighted by molar-refractivity contribution is -0.137. The number of hydrogen-bond donors (Lipinski definition) is 1. The maximum absolute atomic E-state index is 10.8. The number of carboxylic acids is 1. The Bertz CT molecular complexity index is 201. The van der Waals surface area contributed by atoms with Gasteiger partial charge in [0.25, 0.3) is 0 Å². The predicted molar refractivity (Wildman–Crippen MR) is 53.7 cm³/mol. The van der Waals surface area contributed by atoms with Crippen LogP contribution in [0.1, 0.15) is 27.7 Å². The van der Waals surface area contributed by atoms with Crippen molar-refractivity contribution in [3.63, 3.8) is 0 Å². The van der Waals surface area contributed by atoms with Crippen molar-refractivity contribution in [2.24, 2.45) is 11.8 Å². The lowest BCUT2D eigenvalue weighted by Gasteiger charge is -2.21. The fourth-order valence-corrected chi connectivity index (χ4v) is 1.90. The molecule has 0 saturated heterocycles. The highest BCUT2D eigenvalue weighted by atomic mass is 32.2. The van der Waals surface area contributed by atoms with Gasteiger partial charge in [0, 0.05) is 6.92 Å². The molecular formula is C9H16O3S. The van der Waals surface area contributed by atoms with Gasteiger partial charge in [-0.2, -0.15) is 0 Å². The zero-order valence-electron chi connectivity index (χ0n) is 8.40. The average molecular weight is 204 g/mol. The smallest absolute Gasteiger partial charge is 0.317 e. The SMILES string of the molecule is CC(=O)S[C@H](C(=O)O)C(C)C(C)C. The third-order valence-electron chi connectivity index (χ3n) is 2.07. The Morgan fingerprint density at radius 3 is 1.92 bits per heavy atom. The van der Waals surface area contributed by atoms with Gasteiger partial charge >= 0.3 is 5.97 Å². The summed E-state index contributed by atoms with van der Waals surface area (Å²) in [6.45, 7) is 7.18. The zero-order chi connectivity index (χ0) is 10.6. The minimum Gasteiger partial charge on any atom is -0.480 e. The topological polar surface area (TPSA) is 54.4 Å². The van der Waals surface area contributed by atoms with E-state index in [1.54, 1.807) is 0 Å². The summed E-state index contributed by atoms with van der Waals surface area (Å²) in [5.41, 5.74) is 0. The maximum atomic E-state index is 10.8. The molecule has 1 N–H and O–H groups in total. The van der Waals surface area contributed by atoms with Gasteiger partial charge < -0.3 is 5.11 Å². The largest absolute Gasteiger partial charge is 0.480 e. The minimum atomic E-state index is -0.901. The van der Waals surface area contributed by atoms with E-state index in [1.807, 2.05) is 20.8 Å². The second-order valence-corrected chi connectivity index (χ2v) is 4.79. The fourth-order valence-electron chi connectivity index (χ4n) is 0.911. The third-order valence-corrected chi connectivity index (χ3v) is 3.28. The maximum Gasteiger partial charge on any atom is 0.317 e. The second-order valence-electron chi connectivity index (χ2n) is 3.47. The van der Waals surface area contributed by atoms with Crippen LogP contribution in [0.3, 0.4) is 0 Å². The Labute approximate surface area is 82.9 Å². The predicted octanol–water partition coefficient (Wildman–Crippen LogP) is 2.01. The molecule has 0 aliphatic carbocycles. The van der Waals surface area contributed by atoms with Crippen LogP contribution in [-0.4, -0.2) is 21.4 Å². The number of carbonyl (C=O) groups is 2. The van der Waals surface area contributed by atoms with Crippen LogP contribution in [0, 0.1) is 11.8 Å². The van der Waals surface area contributed by atoms with E-state index >= 15 is 0 Å². The van der Waals surface area contributed by atoms with Gasteiger partial charge in [0.15, 0.2) is 5.12 Å². The van der Waals surface area contributed by atoms with E-state index in [1.165, 1.54) is 6.92 Å². The summed E-state index contributed by atoms with van der Waals surface area (Å²) >= 11 is 0.906. The van der Waals surface area contributed by atoms with Crippen LogP contribution in [0.25, 0.3) is 0 Å². The third kappa shape index (κ3) is 4.31. The number of aliphatic carboxylic acids is 1. The van der Waals surface area contributed by atoms with Gasteiger partial charge in [-0.3, -0.25) is 9.59 Å². The van der Waals surface area contributed by atoms with Gasteiger partial charge in [-0.15, -0.1) is 0 Å². The molecule has 0 aliphatic rings. The molecule has 0 aromatic carbocycles. The Hall–Kier alpha value is -0.510. The summed E-state index contributed by atoms with van der Waals surface area (Å²) in [5.74, 6) is -0.624. The molecule has 0 fully saturated rings. The van der Waals surface area contributed by atoms with Crippen molar-refractivity contribution in [1.29, 1.82) is 0 Å². The molecule has 0 aromatic rings. The van der Waals surface area contributed by atoms with Crippen molar-refractivity contribution >= 4 is 22.8 Å². The Balaban J connectivity index is 4.41. The van der Waals surface area contributed by atoms with Gasteiger partial charge in [0.05, 0.1) is 0 Å². The lowest BCUT2D eigenvalue weighted by Crippen LogP contribution is -2.28. The highest BCUT2D eigenvalue weighted by Crippen LogP contribution is 2.26. The van der Waals surface area contributed by atoms with E-state index in [9.17, 15) is 9.59 Å². The van der Waals surface area contributed by atoms with Crippen molar-refractivity contribution in [3.8, 4) is 0 Å². The van der Waals surface area contributed by atoms with Gasteiger partial charge in [0.1, 0.15) is 5.25 Å². The molecule has 0 heterocycles. The summed E-state index contributed by atoms with van der Waals surface area (Å²) in [5, 5.41) is 8.12. The van der Waals surface area contributed by atoms with Crippen LogP contribution in [0.15, 0.2) is 0 Å². The van der Waals surface area contributed by atoms with Gasteiger partial charge in [-0.05, 0) is 11.8 Å². The number of rotatable bonds is 4. The van der Waals surface area contributed by atoms with Crippen molar-refractivity contribution in [2.75, 3.05) is 0 Å². The first kappa shape index (κ1) is 12.5. The second kappa shape index (κ2) is 5.27. The number of hydrogen-bond acceptors (Lipinski definition) is 3. The van der Waals surface area contributed by atoms with Crippen LogP contribution >= 0.6 is 11.8 Å². The van der Waals surface area contributed by atoms with Gasteiger partial charge in [-0.25, -0.2) is 0 Å². The monoisotopic (exact) mass is 204 g/mol. The van der Waals surface area contributed by atoms with E-state index < -0.39 is 11.2 Å². The molecule has 0 aliphatic heterocycles. The summed E-state index contributed by atoms with van der Waals surface area (Å²) in [7, 11) is 0. The molecule has 1 unspecified atom stereocenters. The first-order valence-electron chi connectivity index (χ1n) is 4.26. The van der Waals surface area contributed by atoms with E-state index in [2.05, 4.69) is 0 Å². The molecular weight excluding hydrogens is 188 g/mol. The van der Waals surface area contributed by atoms with Crippen molar-refractivity contribution in [3.05, 3.63) is 0 Å². The summed E-state index contributed by atoms with van der Waals surface area (Å²) in [4.78, 5) is 21.6. The minimum absolute atomic E-state index is 0.00593. The fraction of sp³-hybridized carbons (Fsp3) is 0.778.